The monoisotopic (exact) mass is 656 g/mol. The fourth-order valence-electron chi connectivity index (χ4n) is 6.39. The Bertz CT molecular complexity index is 1420. The number of fused-ring (bicyclic) bond motifs is 1. The fraction of sp³-hybridized carbons (Fsp3) is 0.667. The molecule has 0 bridgehead atoms. The SMILES string of the molecule is CC(=O)N1CCN(CCCn2nc(-c3ccc(C(F)(F)F)c(SCCN4CCCCC4)c3)c3c2CCN(S(C)(=O)=O)C3)CC1. The van der Waals surface area contributed by atoms with Crippen LogP contribution in [0.25, 0.3) is 11.3 Å². The van der Waals surface area contributed by atoms with E-state index in [9.17, 15) is 26.4 Å². The van der Waals surface area contributed by atoms with E-state index >= 15 is 0 Å². The molecule has 1 aromatic heterocycles. The molecule has 2 aromatic rings. The minimum atomic E-state index is -4.48. The zero-order valence-corrected chi connectivity index (χ0v) is 27.2. The molecule has 1 amide bonds. The van der Waals surface area contributed by atoms with Crippen LogP contribution in [0, 0.1) is 0 Å². The van der Waals surface area contributed by atoms with Crippen LogP contribution in [0.4, 0.5) is 13.2 Å². The minimum Gasteiger partial charge on any atom is -0.340 e. The van der Waals surface area contributed by atoms with Gasteiger partial charge in [0.1, 0.15) is 0 Å². The van der Waals surface area contributed by atoms with Gasteiger partial charge in [0.25, 0.3) is 0 Å². The number of carbonyl (C=O) groups is 1. The quantitative estimate of drug-likeness (QED) is 0.358. The van der Waals surface area contributed by atoms with Crippen molar-refractivity contribution in [1.82, 2.24) is 28.8 Å². The molecule has 244 valence electrons. The zero-order chi connectivity index (χ0) is 31.5. The van der Waals surface area contributed by atoms with Crippen molar-refractivity contribution in [2.75, 3.05) is 70.9 Å². The predicted molar refractivity (Wildman–Crippen MR) is 166 cm³/mol. The molecule has 5 rings (SSSR count). The van der Waals surface area contributed by atoms with E-state index in [0.29, 0.717) is 49.6 Å². The molecule has 1 aromatic carbocycles. The van der Waals surface area contributed by atoms with Crippen LogP contribution in [0.5, 0.6) is 0 Å². The number of aryl methyl sites for hydroxylation is 1. The van der Waals surface area contributed by atoms with Crippen LogP contribution >= 0.6 is 11.8 Å². The third-order valence-electron chi connectivity index (χ3n) is 8.90. The lowest BCUT2D eigenvalue weighted by Gasteiger charge is -2.34. The van der Waals surface area contributed by atoms with Crippen LogP contribution in [0.15, 0.2) is 23.1 Å². The normalized spacial score (nSPS) is 19.3. The Kier molecular flexibility index (Phi) is 10.7. The van der Waals surface area contributed by atoms with Crippen molar-refractivity contribution in [3.63, 3.8) is 0 Å². The topological polar surface area (TPSA) is 82.0 Å². The maximum atomic E-state index is 14.0. The molecule has 4 heterocycles. The zero-order valence-electron chi connectivity index (χ0n) is 25.6. The molecule has 0 saturated carbocycles. The number of thioether (sulfide) groups is 1. The van der Waals surface area contributed by atoms with Gasteiger partial charge in [-0.3, -0.25) is 14.4 Å². The van der Waals surface area contributed by atoms with Gasteiger partial charge in [0, 0.05) is 99.7 Å². The van der Waals surface area contributed by atoms with Crippen molar-refractivity contribution in [1.29, 1.82) is 0 Å². The number of halogens is 3. The van der Waals surface area contributed by atoms with Crippen LogP contribution in [-0.4, -0.2) is 114 Å². The molecule has 2 saturated heterocycles. The summed E-state index contributed by atoms with van der Waals surface area (Å²) in [6, 6.07) is 4.20. The second-order valence-electron chi connectivity index (χ2n) is 12.0. The number of sulfonamides is 1. The van der Waals surface area contributed by atoms with Crippen LogP contribution in [-0.2, 0) is 40.5 Å². The number of aromatic nitrogens is 2. The van der Waals surface area contributed by atoms with Crippen LogP contribution < -0.4 is 0 Å². The molecule has 0 spiro atoms. The van der Waals surface area contributed by atoms with Gasteiger partial charge in [-0.25, -0.2) is 8.42 Å². The Labute approximate surface area is 262 Å². The highest BCUT2D eigenvalue weighted by atomic mass is 32.2. The number of alkyl halides is 3. The van der Waals surface area contributed by atoms with Crippen molar-refractivity contribution < 1.29 is 26.4 Å². The summed E-state index contributed by atoms with van der Waals surface area (Å²) in [5.41, 5.74) is 2.18. The van der Waals surface area contributed by atoms with E-state index in [4.69, 9.17) is 5.10 Å². The molecule has 9 nitrogen and oxygen atoms in total. The van der Waals surface area contributed by atoms with Crippen molar-refractivity contribution in [2.24, 2.45) is 0 Å². The molecule has 0 aliphatic carbocycles. The summed E-state index contributed by atoms with van der Waals surface area (Å²) in [6.45, 7) is 9.30. The van der Waals surface area contributed by atoms with Crippen molar-refractivity contribution in [2.45, 2.75) is 63.2 Å². The van der Waals surface area contributed by atoms with Crippen LogP contribution in [0.2, 0.25) is 0 Å². The maximum Gasteiger partial charge on any atom is 0.417 e. The van der Waals surface area contributed by atoms with E-state index in [-0.39, 0.29) is 17.3 Å². The number of piperazine rings is 1. The molecular formula is C30H43F3N6O3S2. The van der Waals surface area contributed by atoms with E-state index < -0.39 is 21.8 Å². The number of likely N-dealkylation sites (tertiary alicyclic amines) is 1. The summed E-state index contributed by atoms with van der Waals surface area (Å²) in [7, 11) is -3.45. The van der Waals surface area contributed by atoms with E-state index in [0.717, 1.165) is 75.9 Å². The molecule has 14 heteroatoms. The number of benzene rings is 1. The minimum absolute atomic E-state index is 0.0929. The first kappa shape index (κ1) is 33.2. The van der Waals surface area contributed by atoms with Gasteiger partial charge in [0.05, 0.1) is 17.5 Å². The van der Waals surface area contributed by atoms with E-state index in [1.54, 1.807) is 13.0 Å². The van der Waals surface area contributed by atoms with E-state index in [1.807, 2.05) is 9.58 Å². The number of nitrogens with zero attached hydrogens (tertiary/aromatic N) is 6. The summed E-state index contributed by atoms with van der Waals surface area (Å²) in [6.07, 6.45) is 1.47. The molecular weight excluding hydrogens is 613 g/mol. The van der Waals surface area contributed by atoms with E-state index in [1.165, 1.54) is 34.8 Å². The molecule has 2 fully saturated rings. The first-order chi connectivity index (χ1) is 20.9. The Balaban J connectivity index is 1.37. The average molecular weight is 657 g/mol. The first-order valence-corrected chi connectivity index (χ1v) is 18.3. The number of hydrogen-bond donors (Lipinski definition) is 0. The standard InChI is InChI=1S/C30H43F3N6O3S2/c1-23(40)37-17-15-36(16-18-37)12-6-13-39-27-9-14-38(44(2,41)42)22-25(27)29(34-39)24-7-8-26(30(31,32)33)28(21-24)43-20-19-35-10-4-3-5-11-35/h7-8,21H,3-6,9-20,22H2,1-2H3. The number of piperidine rings is 1. The Hall–Kier alpha value is -2.13. The molecule has 0 unspecified atom stereocenters. The largest absolute Gasteiger partial charge is 0.417 e. The summed E-state index contributed by atoms with van der Waals surface area (Å²) >= 11 is 1.22. The van der Waals surface area contributed by atoms with Gasteiger partial charge in [-0.15, -0.1) is 11.8 Å². The Morgan fingerprint density at radius 2 is 1.66 bits per heavy atom. The molecule has 3 aliphatic heterocycles. The fourth-order valence-corrected chi connectivity index (χ4v) is 8.29. The number of amides is 1. The molecule has 44 heavy (non-hydrogen) atoms. The summed E-state index contributed by atoms with van der Waals surface area (Å²) in [4.78, 5) is 18.3. The molecule has 3 aliphatic rings. The van der Waals surface area contributed by atoms with Gasteiger partial charge in [0.2, 0.25) is 15.9 Å². The Morgan fingerprint density at radius 3 is 2.32 bits per heavy atom. The van der Waals surface area contributed by atoms with Gasteiger partial charge in [0.15, 0.2) is 0 Å². The van der Waals surface area contributed by atoms with E-state index in [2.05, 4.69) is 9.80 Å². The number of rotatable bonds is 10. The molecule has 0 N–H and O–H groups in total. The second-order valence-corrected chi connectivity index (χ2v) is 15.1. The lowest BCUT2D eigenvalue weighted by molar-refractivity contribution is -0.139. The summed E-state index contributed by atoms with van der Waals surface area (Å²) in [5, 5.41) is 4.91. The first-order valence-electron chi connectivity index (χ1n) is 15.5. The number of carbonyl (C=O) groups excluding carboxylic acids is 1. The predicted octanol–water partition coefficient (Wildman–Crippen LogP) is 4.02. The summed E-state index contributed by atoms with van der Waals surface area (Å²) in [5.74, 6) is 0.650. The van der Waals surface area contributed by atoms with Crippen LogP contribution in [0.1, 0.15) is 49.4 Å². The van der Waals surface area contributed by atoms with Crippen LogP contribution in [0.3, 0.4) is 0 Å². The maximum absolute atomic E-state index is 14.0. The average Bonchev–Trinajstić information content (AvgIpc) is 3.35. The second kappa shape index (κ2) is 14.1. The Morgan fingerprint density at radius 1 is 0.955 bits per heavy atom. The number of hydrogen-bond acceptors (Lipinski definition) is 7. The van der Waals surface area contributed by atoms with Gasteiger partial charge in [-0.05, 0) is 44.5 Å². The smallest absolute Gasteiger partial charge is 0.340 e. The van der Waals surface area contributed by atoms with Gasteiger partial charge < -0.3 is 9.80 Å². The third-order valence-corrected chi connectivity index (χ3v) is 11.2. The lowest BCUT2D eigenvalue weighted by Crippen LogP contribution is -2.48. The highest BCUT2D eigenvalue weighted by Gasteiger charge is 2.35. The van der Waals surface area contributed by atoms with Gasteiger partial charge in [-0.1, -0.05) is 12.5 Å². The van der Waals surface area contributed by atoms with Crippen molar-refractivity contribution in [3.8, 4) is 11.3 Å². The molecule has 0 atom stereocenters. The third kappa shape index (κ3) is 8.17. The highest BCUT2D eigenvalue weighted by molar-refractivity contribution is 7.99. The van der Waals surface area contributed by atoms with Crippen molar-refractivity contribution >= 4 is 27.7 Å². The van der Waals surface area contributed by atoms with Gasteiger partial charge >= 0.3 is 6.18 Å². The van der Waals surface area contributed by atoms with Gasteiger partial charge in [-0.2, -0.15) is 22.6 Å². The highest BCUT2D eigenvalue weighted by Crippen LogP contribution is 2.40. The summed E-state index contributed by atoms with van der Waals surface area (Å²) < 4.78 is 70.4. The lowest BCUT2D eigenvalue weighted by atomic mass is 10.0. The molecule has 0 radical (unpaired) electrons. The van der Waals surface area contributed by atoms with Crippen molar-refractivity contribution in [3.05, 3.63) is 35.0 Å².